The van der Waals surface area contributed by atoms with Gasteiger partial charge in [-0.3, -0.25) is 14.4 Å². The lowest BCUT2D eigenvalue weighted by Gasteiger charge is -2.22. The molecule has 1 aliphatic carbocycles. The van der Waals surface area contributed by atoms with Crippen LogP contribution >= 0.6 is 0 Å². The van der Waals surface area contributed by atoms with E-state index in [0.717, 1.165) is 25.7 Å². The van der Waals surface area contributed by atoms with Gasteiger partial charge in [0.15, 0.2) is 5.69 Å². The highest BCUT2D eigenvalue weighted by Crippen LogP contribution is 2.18. The monoisotopic (exact) mass is 393 g/mol. The van der Waals surface area contributed by atoms with E-state index >= 15 is 0 Å². The third kappa shape index (κ3) is 4.21. The van der Waals surface area contributed by atoms with Crippen molar-refractivity contribution in [3.63, 3.8) is 0 Å². The van der Waals surface area contributed by atoms with Crippen molar-refractivity contribution in [2.75, 3.05) is 5.32 Å². The summed E-state index contributed by atoms with van der Waals surface area (Å²) < 4.78 is 1.39. The number of carbonyl (C=O) groups is 2. The van der Waals surface area contributed by atoms with E-state index in [0.29, 0.717) is 22.5 Å². The number of fused-ring (bicyclic) bond motifs is 1. The van der Waals surface area contributed by atoms with Gasteiger partial charge in [0, 0.05) is 35.2 Å². The van der Waals surface area contributed by atoms with Crippen LogP contribution < -0.4 is 16.2 Å². The second kappa shape index (κ2) is 7.90. The smallest absolute Gasteiger partial charge is 0.276 e. The summed E-state index contributed by atoms with van der Waals surface area (Å²) in [6.45, 7) is 1.74. The van der Waals surface area contributed by atoms with Gasteiger partial charge in [-0.1, -0.05) is 19.3 Å². The van der Waals surface area contributed by atoms with Crippen LogP contribution in [0.5, 0.6) is 0 Å². The number of hydrogen-bond donors (Lipinski definition) is 3. The fourth-order valence-electron chi connectivity index (χ4n) is 3.65. The third-order valence-corrected chi connectivity index (χ3v) is 5.17. The van der Waals surface area contributed by atoms with Gasteiger partial charge in [-0.05, 0) is 44.0 Å². The van der Waals surface area contributed by atoms with Crippen molar-refractivity contribution in [1.82, 2.24) is 19.9 Å². The minimum Gasteiger partial charge on any atom is -0.349 e. The van der Waals surface area contributed by atoms with E-state index in [1.54, 1.807) is 37.4 Å². The van der Waals surface area contributed by atoms with Gasteiger partial charge < -0.3 is 15.6 Å². The minimum absolute atomic E-state index is 0.0928. The molecule has 29 heavy (non-hydrogen) atoms. The molecular weight excluding hydrogens is 370 g/mol. The number of H-pyrrole nitrogens is 1. The van der Waals surface area contributed by atoms with Crippen LogP contribution in [0.4, 0.5) is 5.69 Å². The van der Waals surface area contributed by atoms with Gasteiger partial charge in [0.25, 0.3) is 17.4 Å². The molecule has 4 rings (SSSR count). The van der Waals surface area contributed by atoms with Gasteiger partial charge in [-0.2, -0.15) is 5.10 Å². The topological polar surface area (TPSA) is 108 Å². The Morgan fingerprint density at radius 3 is 2.55 bits per heavy atom. The van der Waals surface area contributed by atoms with E-state index < -0.39 is 5.91 Å². The Labute approximate surface area is 167 Å². The first-order valence-electron chi connectivity index (χ1n) is 9.81. The average Bonchev–Trinajstić information content (AvgIpc) is 3.14. The molecule has 3 aromatic rings. The van der Waals surface area contributed by atoms with Crippen molar-refractivity contribution < 1.29 is 9.59 Å². The van der Waals surface area contributed by atoms with Crippen molar-refractivity contribution in [3.05, 3.63) is 63.8 Å². The Morgan fingerprint density at radius 2 is 1.83 bits per heavy atom. The lowest BCUT2D eigenvalue weighted by Crippen LogP contribution is -2.36. The molecule has 8 nitrogen and oxygen atoms in total. The number of amides is 2. The molecule has 2 amide bonds. The van der Waals surface area contributed by atoms with Gasteiger partial charge >= 0.3 is 0 Å². The molecule has 0 spiro atoms. The summed E-state index contributed by atoms with van der Waals surface area (Å²) in [5.41, 5.74) is 1.90. The number of nitrogens with zero attached hydrogens (tertiary/aromatic N) is 2. The summed E-state index contributed by atoms with van der Waals surface area (Å²) in [6, 6.07) is 8.43. The number of aromatic nitrogens is 3. The van der Waals surface area contributed by atoms with Gasteiger partial charge in [-0.15, -0.1) is 0 Å². The highest BCUT2D eigenvalue weighted by molar-refractivity contribution is 6.04. The van der Waals surface area contributed by atoms with Gasteiger partial charge in [0.05, 0.1) is 0 Å². The molecule has 1 aromatic carbocycles. The first-order chi connectivity index (χ1) is 14.0. The summed E-state index contributed by atoms with van der Waals surface area (Å²) in [4.78, 5) is 39.5. The van der Waals surface area contributed by atoms with E-state index in [-0.39, 0.29) is 23.2 Å². The number of aromatic amines is 1. The van der Waals surface area contributed by atoms with Crippen LogP contribution in [0.2, 0.25) is 0 Å². The molecule has 2 heterocycles. The molecule has 0 radical (unpaired) electrons. The van der Waals surface area contributed by atoms with Crippen LogP contribution in [0, 0.1) is 6.92 Å². The van der Waals surface area contributed by atoms with E-state index in [1.165, 1.54) is 17.0 Å². The fraction of sp³-hybridized carbons (Fsp3) is 0.333. The summed E-state index contributed by atoms with van der Waals surface area (Å²) in [7, 11) is 0. The van der Waals surface area contributed by atoms with E-state index in [1.807, 2.05) is 0 Å². The molecule has 0 bridgehead atoms. The highest BCUT2D eigenvalue weighted by Gasteiger charge is 2.17. The van der Waals surface area contributed by atoms with Crippen molar-refractivity contribution in [1.29, 1.82) is 0 Å². The Kier molecular flexibility index (Phi) is 5.16. The summed E-state index contributed by atoms with van der Waals surface area (Å²) in [6.07, 6.45) is 7.26. The predicted octanol–water partition coefficient (Wildman–Crippen LogP) is 2.65. The number of benzene rings is 1. The van der Waals surface area contributed by atoms with Crippen LogP contribution in [0.15, 0.2) is 41.3 Å². The van der Waals surface area contributed by atoms with E-state index in [2.05, 4.69) is 20.7 Å². The molecular formula is C21H23N5O3. The zero-order chi connectivity index (χ0) is 20.4. The maximum Gasteiger partial charge on any atom is 0.276 e. The van der Waals surface area contributed by atoms with Gasteiger partial charge in [0.1, 0.15) is 5.52 Å². The van der Waals surface area contributed by atoms with E-state index in [9.17, 15) is 14.4 Å². The SMILES string of the molecule is Cc1cn2nc(C(=O)Nc3ccc(C(=O)NC4CCCCC4)cc3)cc2c(=O)[nH]1. The summed E-state index contributed by atoms with van der Waals surface area (Å²) in [5, 5.41) is 9.98. The molecule has 150 valence electrons. The number of nitrogens with one attached hydrogen (secondary N) is 3. The summed E-state index contributed by atoms with van der Waals surface area (Å²) in [5.74, 6) is -0.519. The Hall–Kier alpha value is -3.42. The molecule has 0 aliphatic heterocycles. The Morgan fingerprint density at radius 1 is 1.10 bits per heavy atom. The highest BCUT2D eigenvalue weighted by atomic mass is 16.2. The molecule has 1 aliphatic rings. The number of anilines is 1. The largest absolute Gasteiger partial charge is 0.349 e. The molecule has 1 fully saturated rings. The molecule has 8 heteroatoms. The van der Waals surface area contributed by atoms with Crippen LogP contribution in [0.3, 0.4) is 0 Å². The molecule has 0 atom stereocenters. The Bertz CT molecular complexity index is 1110. The lowest BCUT2D eigenvalue weighted by molar-refractivity contribution is 0.0927. The second-order valence-corrected chi connectivity index (χ2v) is 7.47. The zero-order valence-electron chi connectivity index (χ0n) is 16.2. The van der Waals surface area contributed by atoms with Crippen molar-refractivity contribution in [2.45, 2.75) is 45.1 Å². The zero-order valence-corrected chi connectivity index (χ0v) is 16.2. The second-order valence-electron chi connectivity index (χ2n) is 7.47. The standard InChI is InChI=1S/C21H23N5O3/c1-13-12-26-18(21(29)22-13)11-17(25-26)20(28)24-16-9-7-14(8-10-16)19(27)23-15-5-3-2-4-6-15/h7-12,15H,2-6H2,1H3,(H,22,29)(H,23,27)(H,24,28). The number of hydrogen-bond acceptors (Lipinski definition) is 4. The lowest BCUT2D eigenvalue weighted by atomic mass is 9.95. The summed E-state index contributed by atoms with van der Waals surface area (Å²) >= 11 is 0. The fourth-order valence-corrected chi connectivity index (χ4v) is 3.65. The predicted molar refractivity (Wildman–Crippen MR) is 109 cm³/mol. The third-order valence-electron chi connectivity index (χ3n) is 5.17. The molecule has 0 unspecified atom stereocenters. The molecule has 1 saturated carbocycles. The first-order valence-corrected chi connectivity index (χ1v) is 9.81. The van der Waals surface area contributed by atoms with Crippen molar-refractivity contribution in [2.24, 2.45) is 0 Å². The average molecular weight is 393 g/mol. The van der Waals surface area contributed by atoms with Crippen molar-refractivity contribution >= 4 is 23.0 Å². The van der Waals surface area contributed by atoms with Gasteiger partial charge in [0.2, 0.25) is 0 Å². The van der Waals surface area contributed by atoms with Crippen LogP contribution in [-0.4, -0.2) is 32.5 Å². The van der Waals surface area contributed by atoms with Crippen LogP contribution in [0.1, 0.15) is 58.6 Å². The normalized spacial score (nSPS) is 14.7. The number of rotatable bonds is 4. The number of aryl methyl sites for hydroxylation is 1. The maximum atomic E-state index is 12.5. The number of carbonyl (C=O) groups excluding carboxylic acids is 2. The van der Waals surface area contributed by atoms with Crippen LogP contribution in [-0.2, 0) is 0 Å². The first kappa shape index (κ1) is 18.9. The minimum atomic E-state index is -0.426. The molecule has 0 saturated heterocycles. The quantitative estimate of drug-likeness (QED) is 0.633. The van der Waals surface area contributed by atoms with Gasteiger partial charge in [-0.25, -0.2) is 4.52 Å². The molecule has 2 aromatic heterocycles. The van der Waals surface area contributed by atoms with Crippen molar-refractivity contribution in [3.8, 4) is 0 Å². The van der Waals surface area contributed by atoms with E-state index in [4.69, 9.17) is 0 Å². The molecule has 3 N–H and O–H groups in total. The maximum absolute atomic E-state index is 12.5. The van der Waals surface area contributed by atoms with Crippen LogP contribution in [0.25, 0.3) is 5.52 Å². The Balaban J connectivity index is 1.43.